The number of benzene rings is 6. The number of para-hydroxylation sites is 3. The highest BCUT2D eigenvalue weighted by atomic mass is 15.1. The molecule has 6 aromatic carbocycles. The van der Waals surface area contributed by atoms with Gasteiger partial charge < -0.3 is 9.47 Å². The lowest BCUT2D eigenvalue weighted by atomic mass is 9.73. The molecular weight excluding hydrogens is 569 g/mol. The van der Waals surface area contributed by atoms with Crippen LogP contribution >= 0.6 is 0 Å². The van der Waals surface area contributed by atoms with Crippen molar-refractivity contribution in [1.82, 2.24) is 4.57 Å². The van der Waals surface area contributed by atoms with Gasteiger partial charge in [0.2, 0.25) is 0 Å². The van der Waals surface area contributed by atoms with Crippen LogP contribution in [-0.2, 0) is 5.41 Å². The van der Waals surface area contributed by atoms with Gasteiger partial charge >= 0.3 is 0 Å². The van der Waals surface area contributed by atoms with Crippen molar-refractivity contribution in [3.8, 4) is 16.8 Å². The molecule has 0 saturated heterocycles. The number of anilines is 2. The predicted octanol–water partition coefficient (Wildman–Crippen LogP) is 11.9. The van der Waals surface area contributed by atoms with E-state index in [0.29, 0.717) is 5.92 Å². The fourth-order valence-electron chi connectivity index (χ4n) is 8.11. The normalized spacial score (nSPS) is 16.4. The molecule has 1 unspecified atom stereocenters. The van der Waals surface area contributed by atoms with Crippen LogP contribution < -0.4 is 4.90 Å². The molecule has 2 aliphatic carbocycles. The summed E-state index contributed by atoms with van der Waals surface area (Å²) in [5.74, 6) is 0.376. The van der Waals surface area contributed by atoms with Crippen LogP contribution in [0.4, 0.5) is 11.4 Å². The second-order valence-corrected chi connectivity index (χ2v) is 13.4. The van der Waals surface area contributed by atoms with E-state index in [-0.39, 0.29) is 5.41 Å². The highest BCUT2D eigenvalue weighted by molar-refractivity contribution is 6.09. The van der Waals surface area contributed by atoms with Gasteiger partial charge in [-0.2, -0.15) is 0 Å². The lowest BCUT2D eigenvalue weighted by Gasteiger charge is -2.36. The Morgan fingerprint density at radius 1 is 0.574 bits per heavy atom. The lowest BCUT2D eigenvalue weighted by molar-refractivity contribution is 0.406. The minimum atomic E-state index is -0.0328. The summed E-state index contributed by atoms with van der Waals surface area (Å²) in [4.78, 5) is 2.45. The fourth-order valence-corrected chi connectivity index (χ4v) is 8.11. The molecule has 9 rings (SSSR count). The van der Waals surface area contributed by atoms with Gasteiger partial charge in [0.15, 0.2) is 0 Å². The van der Waals surface area contributed by atoms with Crippen LogP contribution in [0.5, 0.6) is 0 Å². The summed E-state index contributed by atoms with van der Waals surface area (Å²) in [5, 5.41) is 2.59. The Kier molecular flexibility index (Phi) is 6.33. The molecule has 7 aromatic rings. The number of allylic oxidation sites excluding steroid dienone is 4. The maximum atomic E-state index is 2.46. The molecule has 2 nitrogen and oxygen atoms in total. The van der Waals surface area contributed by atoms with E-state index in [1.165, 1.54) is 72.4 Å². The summed E-state index contributed by atoms with van der Waals surface area (Å²) in [6, 6.07) is 55.2. The smallest absolute Gasteiger partial charge is 0.0541 e. The largest absolute Gasteiger partial charge is 0.314 e. The molecule has 47 heavy (non-hydrogen) atoms. The first-order valence-corrected chi connectivity index (χ1v) is 16.6. The molecule has 0 spiro atoms. The summed E-state index contributed by atoms with van der Waals surface area (Å²) < 4.78 is 2.44. The fraction of sp³-hybridized carbons (Fsp3) is 0.111. The van der Waals surface area contributed by atoms with Crippen molar-refractivity contribution in [3.63, 3.8) is 0 Å². The molecule has 2 heteroatoms. The van der Waals surface area contributed by atoms with Gasteiger partial charge in [0.25, 0.3) is 0 Å². The Morgan fingerprint density at radius 2 is 1.15 bits per heavy atom. The summed E-state index contributed by atoms with van der Waals surface area (Å²) >= 11 is 0. The van der Waals surface area contributed by atoms with Gasteiger partial charge in [-0.05, 0) is 100 Å². The van der Waals surface area contributed by atoms with Crippen LogP contribution in [0.1, 0.15) is 31.4 Å². The average Bonchev–Trinajstić information content (AvgIpc) is 3.58. The predicted molar refractivity (Wildman–Crippen MR) is 198 cm³/mol. The minimum absolute atomic E-state index is 0.0328. The molecule has 0 radical (unpaired) electrons. The molecule has 0 fully saturated rings. The van der Waals surface area contributed by atoms with Gasteiger partial charge in [-0.15, -0.1) is 0 Å². The molecule has 226 valence electrons. The summed E-state index contributed by atoms with van der Waals surface area (Å²) in [7, 11) is 0. The number of fused-ring (bicyclic) bond motifs is 6. The van der Waals surface area contributed by atoms with Crippen molar-refractivity contribution in [1.29, 1.82) is 0 Å². The SMILES string of the molecule is CC1(C)c2cc(-n3c4ccccc4c4ccccc43)ccc2C2=CC=C(N(c3ccccc3)c3ccc(-c4ccccc4)cc3)CC21. The van der Waals surface area contributed by atoms with Crippen LogP contribution in [0, 0.1) is 5.92 Å². The third-order valence-electron chi connectivity index (χ3n) is 10.5. The maximum Gasteiger partial charge on any atom is 0.0541 e. The molecule has 1 atom stereocenters. The van der Waals surface area contributed by atoms with E-state index in [9.17, 15) is 0 Å². The second-order valence-electron chi connectivity index (χ2n) is 13.4. The molecule has 0 N–H and O–H groups in total. The molecule has 0 amide bonds. The van der Waals surface area contributed by atoms with Crippen molar-refractivity contribution < 1.29 is 0 Å². The average molecular weight is 605 g/mol. The second kappa shape index (κ2) is 10.7. The van der Waals surface area contributed by atoms with Gasteiger partial charge in [-0.25, -0.2) is 0 Å². The van der Waals surface area contributed by atoms with Crippen LogP contribution in [0.3, 0.4) is 0 Å². The zero-order chi connectivity index (χ0) is 31.5. The zero-order valence-corrected chi connectivity index (χ0v) is 26.8. The Balaban J connectivity index is 1.12. The Labute approximate surface area is 276 Å². The first-order chi connectivity index (χ1) is 23.1. The van der Waals surface area contributed by atoms with Crippen LogP contribution in [0.15, 0.2) is 170 Å². The minimum Gasteiger partial charge on any atom is -0.314 e. The molecule has 0 bridgehead atoms. The molecule has 1 heterocycles. The maximum absolute atomic E-state index is 2.46. The van der Waals surface area contributed by atoms with E-state index in [1.54, 1.807) is 0 Å². The standard InChI is InChI=1S/C45H36N2/c1-45(2)41-29-35(46(33-15-7-4-8-16-33)34-23-21-32(22-24-34)31-13-5-3-6-14-31)25-27-37(41)38-28-26-36(30-42(38)45)47-43-19-11-9-17-39(43)40-18-10-12-20-44(40)47/h3-28,30,41H,29H2,1-2H3. The highest BCUT2D eigenvalue weighted by Gasteiger charge is 2.44. The van der Waals surface area contributed by atoms with E-state index in [1.807, 2.05) is 0 Å². The quantitative estimate of drug-likeness (QED) is 0.190. The van der Waals surface area contributed by atoms with Gasteiger partial charge in [-0.3, -0.25) is 0 Å². The third-order valence-corrected chi connectivity index (χ3v) is 10.5. The molecule has 1 aromatic heterocycles. The first kappa shape index (κ1) is 27.7. The number of nitrogens with zero attached hydrogens (tertiary/aromatic N) is 2. The van der Waals surface area contributed by atoms with Crippen LogP contribution in [0.25, 0.3) is 44.2 Å². The van der Waals surface area contributed by atoms with Gasteiger partial charge in [-0.1, -0.05) is 123 Å². The van der Waals surface area contributed by atoms with Crippen LogP contribution in [0.2, 0.25) is 0 Å². The van der Waals surface area contributed by atoms with Gasteiger partial charge in [0.1, 0.15) is 0 Å². The zero-order valence-electron chi connectivity index (χ0n) is 26.8. The van der Waals surface area contributed by atoms with E-state index in [2.05, 4.69) is 187 Å². The Hall–Kier alpha value is -5.60. The third kappa shape index (κ3) is 4.40. The summed E-state index contributed by atoms with van der Waals surface area (Å²) in [6.07, 6.45) is 5.72. The number of hydrogen-bond donors (Lipinski definition) is 0. The van der Waals surface area contributed by atoms with E-state index >= 15 is 0 Å². The van der Waals surface area contributed by atoms with E-state index < -0.39 is 0 Å². The first-order valence-electron chi connectivity index (χ1n) is 16.6. The Bertz CT molecular complexity index is 2280. The molecular formula is C45H36N2. The monoisotopic (exact) mass is 604 g/mol. The van der Waals surface area contributed by atoms with Gasteiger partial charge in [0.05, 0.1) is 11.0 Å². The highest BCUT2D eigenvalue weighted by Crippen LogP contribution is 2.55. The Morgan fingerprint density at radius 3 is 1.83 bits per heavy atom. The van der Waals surface area contributed by atoms with Crippen molar-refractivity contribution in [3.05, 3.63) is 181 Å². The van der Waals surface area contributed by atoms with Crippen molar-refractivity contribution in [2.75, 3.05) is 4.90 Å². The number of aromatic nitrogens is 1. The van der Waals surface area contributed by atoms with Crippen molar-refractivity contribution in [2.24, 2.45) is 5.92 Å². The number of rotatable bonds is 5. The summed E-state index contributed by atoms with van der Waals surface area (Å²) in [6.45, 7) is 4.88. The molecule has 0 aliphatic heterocycles. The van der Waals surface area contributed by atoms with Gasteiger partial charge in [0, 0.05) is 33.5 Å². The van der Waals surface area contributed by atoms with Crippen molar-refractivity contribution >= 4 is 38.8 Å². The van der Waals surface area contributed by atoms with Crippen molar-refractivity contribution in [2.45, 2.75) is 25.7 Å². The number of hydrogen-bond acceptors (Lipinski definition) is 1. The van der Waals surface area contributed by atoms with E-state index in [4.69, 9.17) is 0 Å². The van der Waals surface area contributed by atoms with Crippen LogP contribution in [-0.4, -0.2) is 4.57 Å². The topological polar surface area (TPSA) is 8.17 Å². The molecule has 2 aliphatic rings. The van der Waals surface area contributed by atoms with E-state index in [0.717, 1.165) is 6.42 Å². The molecule has 0 saturated carbocycles. The lowest BCUT2D eigenvalue weighted by Crippen LogP contribution is -2.29. The summed E-state index contributed by atoms with van der Waals surface area (Å²) in [5.41, 5.74) is 14.1.